The minimum atomic E-state index is 0.477. The van der Waals surface area contributed by atoms with Gasteiger partial charge in [-0.15, -0.1) is 0 Å². The fourth-order valence-corrected chi connectivity index (χ4v) is 0.285. The van der Waals surface area contributed by atoms with Crippen molar-refractivity contribution < 1.29 is 4.84 Å². The molecule has 0 heterocycles. The Morgan fingerprint density at radius 2 is 2.29 bits per heavy atom. The minimum Gasteiger partial charge on any atom is -0.305 e. The van der Waals surface area contributed by atoms with Gasteiger partial charge in [-0.1, -0.05) is 6.92 Å². The molecule has 44 valence electrons. The third-order valence-corrected chi connectivity index (χ3v) is 0.931. The first-order chi connectivity index (χ1) is 3.31. The fraction of sp³-hybridized carbons (Fsp3) is 1.00. The lowest BCUT2D eigenvalue weighted by molar-refractivity contribution is 0.0650. The molecule has 0 aromatic heterocycles. The van der Waals surface area contributed by atoms with E-state index >= 15 is 0 Å². The predicted molar refractivity (Wildman–Crippen MR) is 29.9 cm³/mol. The topological polar surface area (TPSA) is 21.3 Å². The second-order valence-electron chi connectivity index (χ2n) is 1.63. The van der Waals surface area contributed by atoms with E-state index in [1.165, 1.54) is 0 Å². The molecule has 0 aliphatic heterocycles. The Morgan fingerprint density at radius 1 is 1.71 bits per heavy atom. The van der Waals surface area contributed by atoms with Gasteiger partial charge in [0.25, 0.3) is 0 Å². The molecule has 2 heteroatoms. The Balaban J connectivity index is 2.83. The molecule has 0 spiro atoms. The highest BCUT2D eigenvalue weighted by atomic mass is 16.6. The van der Waals surface area contributed by atoms with Crippen molar-refractivity contribution in [3.8, 4) is 0 Å². The third kappa shape index (κ3) is 3.76. The van der Waals surface area contributed by atoms with Crippen LogP contribution in [0.5, 0.6) is 0 Å². The maximum Gasteiger partial charge on any atom is 0.0572 e. The summed E-state index contributed by atoms with van der Waals surface area (Å²) in [6.45, 7) is 4.18. The van der Waals surface area contributed by atoms with Gasteiger partial charge in [-0.2, -0.15) is 0 Å². The monoisotopic (exact) mass is 103 g/mol. The van der Waals surface area contributed by atoms with Gasteiger partial charge in [0.2, 0.25) is 0 Å². The summed E-state index contributed by atoms with van der Waals surface area (Å²) in [4.78, 5) is 4.64. The molecular weight excluding hydrogens is 90.1 g/mol. The molecule has 0 amide bonds. The Hall–Kier alpha value is -0.0800. The van der Waals surface area contributed by atoms with E-state index in [1.54, 1.807) is 7.11 Å². The van der Waals surface area contributed by atoms with Crippen molar-refractivity contribution in [1.82, 2.24) is 5.48 Å². The molecule has 0 rings (SSSR count). The lowest BCUT2D eigenvalue weighted by Crippen LogP contribution is -2.23. The van der Waals surface area contributed by atoms with Gasteiger partial charge < -0.3 is 4.84 Å². The van der Waals surface area contributed by atoms with Gasteiger partial charge in [0.1, 0.15) is 0 Å². The van der Waals surface area contributed by atoms with E-state index in [1.807, 2.05) is 0 Å². The number of nitrogens with one attached hydrogen (secondary N) is 1. The van der Waals surface area contributed by atoms with Crippen LogP contribution >= 0.6 is 0 Å². The van der Waals surface area contributed by atoms with Crippen LogP contribution in [0.2, 0.25) is 0 Å². The van der Waals surface area contributed by atoms with Gasteiger partial charge >= 0.3 is 0 Å². The quantitative estimate of drug-likeness (QED) is 0.537. The van der Waals surface area contributed by atoms with E-state index in [0.717, 1.165) is 6.42 Å². The lowest BCUT2D eigenvalue weighted by Gasteiger charge is -2.06. The van der Waals surface area contributed by atoms with Crippen molar-refractivity contribution in [2.75, 3.05) is 7.11 Å². The van der Waals surface area contributed by atoms with Crippen LogP contribution in [0.15, 0.2) is 0 Å². The van der Waals surface area contributed by atoms with E-state index in [9.17, 15) is 0 Å². The molecule has 0 radical (unpaired) electrons. The Bertz CT molecular complexity index is 39.1. The largest absolute Gasteiger partial charge is 0.305 e. The van der Waals surface area contributed by atoms with Gasteiger partial charge in [0, 0.05) is 6.04 Å². The highest BCUT2D eigenvalue weighted by molar-refractivity contribution is 4.46. The summed E-state index contributed by atoms with van der Waals surface area (Å²) in [5, 5.41) is 0. The van der Waals surface area contributed by atoms with Crippen LogP contribution in [-0.2, 0) is 4.84 Å². The molecule has 1 N–H and O–H groups in total. The van der Waals surface area contributed by atoms with Crippen LogP contribution < -0.4 is 5.48 Å². The van der Waals surface area contributed by atoms with Crippen molar-refractivity contribution in [2.24, 2.45) is 0 Å². The lowest BCUT2D eigenvalue weighted by atomic mass is 10.3. The highest BCUT2D eigenvalue weighted by Gasteiger charge is 1.91. The van der Waals surface area contributed by atoms with E-state index in [2.05, 4.69) is 24.2 Å². The van der Waals surface area contributed by atoms with Gasteiger partial charge in [-0.25, -0.2) is 5.48 Å². The van der Waals surface area contributed by atoms with Crippen LogP contribution in [0.1, 0.15) is 20.3 Å². The molecular formula is C5H13NO. The van der Waals surface area contributed by atoms with Crippen LogP contribution in [0.25, 0.3) is 0 Å². The van der Waals surface area contributed by atoms with Crippen LogP contribution in [-0.4, -0.2) is 13.2 Å². The zero-order valence-corrected chi connectivity index (χ0v) is 5.19. The molecule has 0 aromatic carbocycles. The van der Waals surface area contributed by atoms with Crippen LogP contribution in [0.4, 0.5) is 0 Å². The second-order valence-corrected chi connectivity index (χ2v) is 1.63. The van der Waals surface area contributed by atoms with Crippen molar-refractivity contribution in [1.29, 1.82) is 0 Å². The molecule has 0 fully saturated rings. The molecule has 0 bridgehead atoms. The normalized spacial score (nSPS) is 14.1. The summed E-state index contributed by atoms with van der Waals surface area (Å²) in [5.41, 5.74) is 2.80. The summed E-state index contributed by atoms with van der Waals surface area (Å²) < 4.78 is 0. The number of hydrogen-bond acceptors (Lipinski definition) is 2. The van der Waals surface area contributed by atoms with E-state index in [4.69, 9.17) is 0 Å². The summed E-state index contributed by atoms with van der Waals surface area (Å²) in [6, 6.07) is 0.477. The maximum atomic E-state index is 4.64. The summed E-state index contributed by atoms with van der Waals surface area (Å²) in [5.74, 6) is 0. The first-order valence-electron chi connectivity index (χ1n) is 2.59. The molecule has 0 aliphatic carbocycles. The molecule has 1 atom stereocenters. The van der Waals surface area contributed by atoms with Gasteiger partial charge in [0.15, 0.2) is 0 Å². The number of hydroxylamine groups is 1. The molecule has 2 nitrogen and oxygen atoms in total. The van der Waals surface area contributed by atoms with Crippen LogP contribution in [0.3, 0.4) is 0 Å². The third-order valence-electron chi connectivity index (χ3n) is 0.931. The average Bonchev–Trinajstić information content (AvgIpc) is 1.68. The smallest absolute Gasteiger partial charge is 0.0572 e. The van der Waals surface area contributed by atoms with Crippen molar-refractivity contribution in [3.63, 3.8) is 0 Å². The molecule has 0 saturated heterocycles. The second kappa shape index (κ2) is 4.09. The van der Waals surface area contributed by atoms with Crippen LogP contribution in [0, 0.1) is 0 Å². The average molecular weight is 103 g/mol. The van der Waals surface area contributed by atoms with Gasteiger partial charge in [0.05, 0.1) is 7.11 Å². The molecule has 0 saturated carbocycles. The molecule has 7 heavy (non-hydrogen) atoms. The van der Waals surface area contributed by atoms with Crippen molar-refractivity contribution in [3.05, 3.63) is 0 Å². The standard InChI is InChI=1S/C5H13NO/c1-4-5(2)6-7-3/h5-6H,4H2,1-3H3/t5-/m0/s1. The Labute approximate surface area is 44.8 Å². The van der Waals surface area contributed by atoms with Crippen molar-refractivity contribution >= 4 is 0 Å². The Kier molecular flexibility index (Phi) is 4.04. The predicted octanol–water partition coefficient (Wildman–Crippen LogP) is 0.936. The van der Waals surface area contributed by atoms with E-state index in [-0.39, 0.29) is 0 Å². The minimum absolute atomic E-state index is 0.477. The summed E-state index contributed by atoms with van der Waals surface area (Å²) >= 11 is 0. The Morgan fingerprint density at radius 3 is 2.43 bits per heavy atom. The van der Waals surface area contributed by atoms with E-state index in [0.29, 0.717) is 6.04 Å². The number of hydrogen-bond donors (Lipinski definition) is 1. The fourth-order valence-electron chi connectivity index (χ4n) is 0.285. The zero-order valence-electron chi connectivity index (χ0n) is 5.19. The van der Waals surface area contributed by atoms with Crippen molar-refractivity contribution in [2.45, 2.75) is 26.3 Å². The first-order valence-corrected chi connectivity index (χ1v) is 2.59. The summed E-state index contributed by atoms with van der Waals surface area (Å²) in [6.07, 6.45) is 1.10. The SMILES string of the molecule is CC[C@H](C)NOC. The molecule has 0 unspecified atom stereocenters. The maximum absolute atomic E-state index is 4.64. The summed E-state index contributed by atoms with van der Waals surface area (Å²) in [7, 11) is 1.63. The first kappa shape index (κ1) is 6.92. The van der Waals surface area contributed by atoms with E-state index < -0.39 is 0 Å². The molecule has 0 aromatic rings. The zero-order chi connectivity index (χ0) is 5.70. The van der Waals surface area contributed by atoms with Gasteiger partial charge in [-0.3, -0.25) is 0 Å². The van der Waals surface area contributed by atoms with Gasteiger partial charge in [-0.05, 0) is 13.3 Å². The molecule has 0 aliphatic rings. The number of rotatable bonds is 3. The highest BCUT2D eigenvalue weighted by Crippen LogP contribution is 1.84.